The van der Waals surface area contributed by atoms with Gasteiger partial charge in [-0.05, 0) is 61.5 Å². The predicted molar refractivity (Wildman–Crippen MR) is 75.9 cm³/mol. The van der Waals surface area contributed by atoms with Gasteiger partial charge in [0.1, 0.15) is 18.6 Å². The molecule has 0 N–H and O–H groups in total. The van der Waals surface area contributed by atoms with Crippen LogP contribution in [0.5, 0.6) is 5.75 Å². The normalized spacial score (nSPS) is 10.2. The van der Waals surface area contributed by atoms with E-state index in [2.05, 4.69) is 31.9 Å². The fraction of sp³-hybridized carbons (Fsp3) is 0.0833. The molecule has 0 radical (unpaired) electrons. The van der Waals surface area contributed by atoms with Crippen LogP contribution in [0.4, 0.5) is 0 Å². The number of rotatable bonds is 4. The van der Waals surface area contributed by atoms with Crippen molar-refractivity contribution in [2.45, 2.75) is 6.61 Å². The zero-order valence-electron chi connectivity index (χ0n) is 8.65. The molecule has 2 nitrogen and oxygen atoms in total. The highest BCUT2D eigenvalue weighted by molar-refractivity contribution is 9.10. The molecule has 0 aliphatic rings. The predicted octanol–water partition coefficient (Wildman–Crippen LogP) is 4.66. The van der Waals surface area contributed by atoms with Gasteiger partial charge in [-0.2, -0.15) is 0 Å². The second-order valence-electron chi connectivity index (χ2n) is 3.29. The minimum absolute atomic E-state index is 0.511. The van der Waals surface area contributed by atoms with Crippen molar-refractivity contribution in [1.29, 1.82) is 0 Å². The average molecular weight is 376 g/mol. The van der Waals surface area contributed by atoms with E-state index in [1.165, 1.54) is 0 Å². The highest BCUT2D eigenvalue weighted by atomic mass is 79.9. The monoisotopic (exact) mass is 374 g/mol. The Morgan fingerprint density at radius 3 is 2.65 bits per heavy atom. The van der Waals surface area contributed by atoms with Gasteiger partial charge in [-0.3, -0.25) is 4.79 Å². The molecule has 0 atom stereocenters. The lowest BCUT2D eigenvalue weighted by Gasteiger charge is -2.07. The van der Waals surface area contributed by atoms with Gasteiger partial charge in [-0.1, -0.05) is 0 Å². The zero-order valence-corrected chi connectivity index (χ0v) is 12.6. The van der Waals surface area contributed by atoms with Gasteiger partial charge in [0.05, 0.1) is 9.35 Å². The Balaban J connectivity index is 2.09. The van der Waals surface area contributed by atoms with E-state index < -0.39 is 0 Å². The number of hydrogen-bond acceptors (Lipinski definition) is 3. The quantitative estimate of drug-likeness (QED) is 0.726. The Morgan fingerprint density at radius 1 is 1.24 bits per heavy atom. The minimum Gasteiger partial charge on any atom is -0.487 e. The van der Waals surface area contributed by atoms with Crippen LogP contribution in [0, 0.1) is 0 Å². The van der Waals surface area contributed by atoms with Crippen LogP contribution in [0.25, 0.3) is 0 Å². The number of ether oxygens (including phenoxy) is 1. The molecule has 2 aromatic rings. The van der Waals surface area contributed by atoms with Gasteiger partial charge in [0.25, 0.3) is 0 Å². The smallest absolute Gasteiger partial charge is 0.150 e. The van der Waals surface area contributed by atoms with Gasteiger partial charge in [0, 0.05) is 10.0 Å². The van der Waals surface area contributed by atoms with E-state index in [0.29, 0.717) is 12.2 Å². The van der Waals surface area contributed by atoms with E-state index in [1.54, 1.807) is 29.5 Å². The molecule has 0 fully saturated rings. The van der Waals surface area contributed by atoms with E-state index in [1.807, 2.05) is 11.4 Å². The molecule has 88 valence electrons. The summed E-state index contributed by atoms with van der Waals surface area (Å²) in [7, 11) is 0. The van der Waals surface area contributed by atoms with Crippen molar-refractivity contribution in [1.82, 2.24) is 0 Å². The third-order valence-corrected chi connectivity index (χ3v) is 4.66. The van der Waals surface area contributed by atoms with Gasteiger partial charge in [0.2, 0.25) is 0 Å². The molecule has 2 rings (SSSR count). The standard InChI is InChI=1S/C12H8Br2O2S/c13-9-3-4-17-12(9)7-16-11-2-1-8(6-15)5-10(11)14/h1-6H,7H2. The number of benzene rings is 1. The Bertz CT molecular complexity index is 537. The van der Waals surface area contributed by atoms with Crippen LogP contribution < -0.4 is 4.74 Å². The molecule has 5 heteroatoms. The van der Waals surface area contributed by atoms with Gasteiger partial charge in [-0.25, -0.2) is 0 Å². The van der Waals surface area contributed by atoms with Gasteiger partial charge in [-0.15, -0.1) is 11.3 Å². The van der Waals surface area contributed by atoms with Gasteiger partial charge >= 0.3 is 0 Å². The van der Waals surface area contributed by atoms with Crippen LogP contribution in [0.1, 0.15) is 15.2 Å². The number of aldehydes is 1. The molecule has 1 aromatic carbocycles. The van der Waals surface area contributed by atoms with Crippen LogP contribution in [-0.2, 0) is 6.61 Å². The molecule has 0 bridgehead atoms. The third-order valence-electron chi connectivity index (χ3n) is 2.14. The van der Waals surface area contributed by atoms with Crippen molar-refractivity contribution < 1.29 is 9.53 Å². The molecule has 0 aliphatic carbocycles. The van der Waals surface area contributed by atoms with Crippen molar-refractivity contribution in [2.75, 3.05) is 0 Å². The lowest BCUT2D eigenvalue weighted by Crippen LogP contribution is -1.95. The number of carbonyl (C=O) groups is 1. The van der Waals surface area contributed by atoms with Crippen molar-refractivity contribution in [3.05, 3.63) is 49.0 Å². The maximum atomic E-state index is 10.6. The van der Waals surface area contributed by atoms with Gasteiger partial charge in [0.15, 0.2) is 0 Å². The van der Waals surface area contributed by atoms with Crippen LogP contribution in [0.15, 0.2) is 38.6 Å². The Kier molecular flexibility index (Phi) is 4.36. The first kappa shape index (κ1) is 12.8. The van der Waals surface area contributed by atoms with E-state index in [0.717, 1.165) is 25.9 Å². The molecule has 0 unspecified atom stereocenters. The SMILES string of the molecule is O=Cc1ccc(OCc2sccc2Br)c(Br)c1. The summed E-state index contributed by atoms with van der Waals surface area (Å²) in [4.78, 5) is 11.7. The molecule has 0 amide bonds. The molecule has 17 heavy (non-hydrogen) atoms. The summed E-state index contributed by atoms with van der Waals surface area (Å²) in [5.41, 5.74) is 0.626. The minimum atomic E-state index is 0.511. The molecule has 0 saturated carbocycles. The van der Waals surface area contributed by atoms with E-state index >= 15 is 0 Å². The lowest BCUT2D eigenvalue weighted by molar-refractivity contribution is 0.112. The van der Waals surface area contributed by atoms with E-state index in [-0.39, 0.29) is 0 Å². The maximum Gasteiger partial charge on any atom is 0.150 e. The van der Waals surface area contributed by atoms with Gasteiger partial charge < -0.3 is 4.74 Å². The molecule has 1 heterocycles. The maximum absolute atomic E-state index is 10.6. The zero-order chi connectivity index (χ0) is 12.3. The Morgan fingerprint density at radius 2 is 2.06 bits per heavy atom. The summed E-state index contributed by atoms with van der Waals surface area (Å²) >= 11 is 8.47. The summed E-state index contributed by atoms with van der Waals surface area (Å²) in [5.74, 6) is 0.732. The molecule has 1 aromatic heterocycles. The van der Waals surface area contributed by atoms with Crippen LogP contribution >= 0.6 is 43.2 Å². The molecular formula is C12H8Br2O2S. The highest BCUT2D eigenvalue weighted by Gasteiger charge is 2.05. The van der Waals surface area contributed by atoms with Crippen molar-refractivity contribution in [3.8, 4) is 5.75 Å². The first-order chi connectivity index (χ1) is 8.20. The van der Waals surface area contributed by atoms with E-state index in [9.17, 15) is 4.79 Å². The molecule has 0 aliphatic heterocycles. The summed E-state index contributed by atoms with van der Waals surface area (Å²) in [6.45, 7) is 0.511. The lowest BCUT2D eigenvalue weighted by atomic mass is 10.2. The Hall–Kier alpha value is -0.650. The van der Waals surface area contributed by atoms with Crippen LogP contribution in [-0.4, -0.2) is 6.29 Å². The van der Waals surface area contributed by atoms with Crippen LogP contribution in [0.3, 0.4) is 0 Å². The second-order valence-corrected chi connectivity index (χ2v) is 6.00. The molecule has 0 saturated heterocycles. The summed E-state index contributed by atoms with van der Waals surface area (Å²) in [5, 5.41) is 2.01. The molecular weight excluding hydrogens is 368 g/mol. The number of halogens is 2. The summed E-state index contributed by atoms with van der Waals surface area (Å²) in [6.07, 6.45) is 0.810. The average Bonchev–Trinajstić information content (AvgIpc) is 2.73. The summed E-state index contributed by atoms with van der Waals surface area (Å²) in [6, 6.07) is 7.26. The Labute approximate surface area is 120 Å². The number of carbonyl (C=O) groups excluding carboxylic acids is 1. The van der Waals surface area contributed by atoms with Crippen molar-refractivity contribution in [3.63, 3.8) is 0 Å². The van der Waals surface area contributed by atoms with E-state index in [4.69, 9.17) is 4.74 Å². The fourth-order valence-corrected chi connectivity index (χ4v) is 3.17. The second kappa shape index (κ2) is 5.80. The van der Waals surface area contributed by atoms with Crippen molar-refractivity contribution >= 4 is 49.5 Å². The first-order valence-electron chi connectivity index (χ1n) is 4.80. The third kappa shape index (κ3) is 3.18. The largest absolute Gasteiger partial charge is 0.487 e. The van der Waals surface area contributed by atoms with Crippen LogP contribution in [0.2, 0.25) is 0 Å². The highest BCUT2D eigenvalue weighted by Crippen LogP contribution is 2.29. The number of hydrogen-bond donors (Lipinski definition) is 0. The first-order valence-corrected chi connectivity index (χ1v) is 7.26. The van der Waals surface area contributed by atoms with Crippen molar-refractivity contribution in [2.24, 2.45) is 0 Å². The molecule has 0 spiro atoms. The topological polar surface area (TPSA) is 26.3 Å². The number of thiophene rings is 1. The summed E-state index contributed by atoms with van der Waals surface area (Å²) < 4.78 is 7.52. The fourth-order valence-electron chi connectivity index (χ4n) is 1.28.